The van der Waals surface area contributed by atoms with Crippen LogP contribution in [0.25, 0.3) is 10.9 Å². The van der Waals surface area contributed by atoms with Crippen LogP contribution in [0.1, 0.15) is 15.9 Å². The predicted octanol–water partition coefficient (Wildman–Crippen LogP) is 1.90. The number of aromatic nitrogens is 1. The molecular formula is C19H15NO5. The maximum Gasteiger partial charge on any atom is 0.341 e. The molecule has 126 valence electrons. The Kier molecular flexibility index (Phi) is 4.35. The number of carbonyl (C=O) groups is 1. The highest BCUT2D eigenvalue weighted by atomic mass is 16.5. The van der Waals surface area contributed by atoms with Crippen LogP contribution in [0.2, 0.25) is 0 Å². The minimum absolute atomic E-state index is 0.0453. The Morgan fingerprint density at radius 3 is 2.56 bits per heavy atom. The smallest absolute Gasteiger partial charge is 0.341 e. The minimum atomic E-state index is -0.645. The lowest BCUT2D eigenvalue weighted by atomic mass is 10.1. The van der Waals surface area contributed by atoms with Crippen LogP contribution >= 0.6 is 0 Å². The number of aromatic hydroxyl groups is 1. The molecule has 0 aliphatic heterocycles. The molecular weight excluding hydrogens is 322 g/mol. The van der Waals surface area contributed by atoms with E-state index >= 15 is 0 Å². The van der Waals surface area contributed by atoms with E-state index in [4.69, 9.17) is 0 Å². The number of phenols is 1. The average Bonchev–Trinajstić information content (AvgIpc) is 2.74. The third kappa shape index (κ3) is 3.14. The van der Waals surface area contributed by atoms with Crippen LogP contribution in [0.15, 0.2) is 64.2 Å². The normalized spacial score (nSPS) is 10.6. The molecule has 25 heavy (non-hydrogen) atoms. The maximum atomic E-state index is 12.4. The number of carbonyl (C=O) groups excluding carboxylic acids is 1. The predicted molar refractivity (Wildman–Crippen MR) is 93.0 cm³/mol. The lowest BCUT2D eigenvalue weighted by molar-refractivity contribution is 0.0597. The fourth-order valence-corrected chi connectivity index (χ4v) is 2.67. The van der Waals surface area contributed by atoms with Gasteiger partial charge in [-0.05, 0) is 35.9 Å². The largest absolute Gasteiger partial charge is 0.507 e. The lowest BCUT2D eigenvalue weighted by Gasteiger charge is -2.09. The highest BCUT2D eigenvalue weighted by molar-refractivity contribution is 5.92. The molecule has 0 saturated carbocycles. The molecule has 1 aromatic heterocycles. The second-order valence-corrected chi connectivity index (χ2v) is 5.48. The Morgan fingerprint density at radius 2 is 1.84 bits per heavy atom. The van der Waals surface area contributed by atoms with Gasteiger partial charge in [-0.3, -0.25) is 9.59 Å². The van der Waals surface area contributed by atoms with Gasteiger partial charge in [0.05, 0.1) is 19.2 Å². The number of nitrogens with zero attached hydrogens (tertiary/aromatic N) is 1. The highest BCUT2D eigenvalue weighted by Gasteiger charge is 2.12. The van der Waals surface area contributed by atoms with Crippen molar-refractivity contribution in [1.82, 2.24) is 4.57 Å². The molecule has 0 fully saturated rings. The number of rotatable bonds is 3. The Morgan fingerprint density at radius 1 is 1.08 bits per heavy atom. The van der Waals surface area contributed by atoms with Crippen LogP contribution in [0.4, 0.5) is 0 Å². The lowest BCUT2D eigenvalue weighted by Crippen LogP contribution is -2.18. The molecule has 0 amide bonds. The summed E-state index contributed by atoms with van der Waals surface area (Å²) in [5.41, 5.74) is 0.573. The first-order chi connectivity index (χ1) is 12.0. The van der Waals surface area contributed by atoms with E-state index in [0.717, 1.165) is 0 Å². The van der Waals surface area contributed by atoms with E-state index in [1.807, 2.05) is 0 Å². The summed E-state index contributed by atoms with van der Waals surface area (Å²) in [6, 6.07) is 13.8. The molecule has 3 rings (SSSR count). The Labute approximate surface area is 142 Å². The van der Waals surface area contributed by atoms with E-state index in [-0.39, 0.29) is 28.8 Å². The van der Waals surface area contributed by atoms with Crippen molar-refractivity contribution >= 4 is 16.9 Å². The third-order valence-electron chi connectivity index (χ3n) is 3.91. The van der Waals surface area contributed by atoms with Crippen LogP contribution in [-0.2, 0) is 11.3 Å². The van der Waals surface area contributed by atoms with E-state index in [1.54, 1.807) is 30.3 Å². The fraction of sp³-hybridized carbons (Fsp3) is 0.105. The molecule has 0 aliphatic carbocycles. The number of ether oxygens (including phenoxy) is 1. The molecule has 0 aliphatic rings. The molecule has 6 nitrogen and oxygen atoms in total. The van der Waals surface area contributed by atoms with Crippen molar-refractivity contribution in [3.8, 4) is 5.75 Å². The van der Waals surface area contributed by atoms with Crippen molar-refractivity contribution in [3.05, 3.63) is 86.3 Å². The van der Waals surface area contributed by atoms with Gasteiger partial charge in [-0.1, -0.05) is 18.2 Å². The third-order valence-corrected chi connectivity index (χ3v) is 3.91. The molecule has 1 N–H and O–H groups in total. The van der Waals surface area contributed by atoms with E-state index < -0.39 is 5.97 Å². The maximum absolute atomic E-state index is 12.4. The van der Waals surface area contributed by atoms with Gasteiger partial charge in [0.2, 0.25) is 0 Å². The van der Waals surface area contributed by atoms with Gasteiger partial charge < -0.3 is 14.4 Å². The van der Waals surface area contributed by atoms with Gasteiger partial charge in [0, 0.05) is 11.5 Å². The second kappa shape index (κ2) is 6.60. The Balaban J connectivity index is 2.14. The first-order valence-corrected chi connectivity index (χ1v) is 7.54. The zero-order valence-electron chi connectivity index (χ0n) is 13.4. The van der Waals surface area contributed by atoms with Crippen molar-refractivity contribution in [2.45, 2.75) is 6.54 Å². The van der Waals surface area contributed by atoms with Crippen LogP contribution in [0.3, 0.4) is 0 Å². The average molecular weight is 337 g/mol. The zero-order valence-corrected chi connectivity index (χ0v) is 13.4. The number of benzene rings is 2. The van der Waals surface area contributed by atoms with E-state index in [9.17, 15) is 19.5 Å². The van der Waals surface area contributed by atoms with Gasteiger partial charge in [0.15, 0.2) is 5.43 Å². The molecule has 1 heterocycles. The first-order valence-electron chi connectivity index (χ1n) is 7.54. The number of para-hydroxylation sites is 1. The van der Waals surface area contributed by atoms with E-state index in [0.29, 0.717) is 16.5 Å². The molecule has 0 bridgehead atoms. The number of methoxy groups -OCH3 is 1. The van der Waals surface area contributed by atoms with Gasteiger partial charge in [0.1, 0.15) is 11.3 Å². The monoisotopic (exact) mass is 337 g/mol. The van der Waals surface area contributed by atoms with Crippen LogP contribution < -0.4 is 11.0 Å². The molecule has 0 saturated heterocycles. The Bertz CT molecular complexity index is 1080. The first kappa shape index (κ1) is 16.4. The summed E-state index contributed by atoms with van der Waals surface area (Å²) in [5.74, 6) is -0.875. The zero-order chi connectivity index (χ0) is 18.0. The summed E-state index contributed by atoms with van der Waals surface area (Å²) >= 11 is 0. The molecule has 2 aromatic carbocycles. The van der Waals surface area contributed by atoms with Gasteiger partial charge >= 0.3 is 5.97 Å². The summed E-state index contributed by atoms with van der Waals surface area (Å²) < 4.78 is 6.04. The molecule has 0 radical (unpaired) electrons. The van der Waals surface area contributed by atoms with Gasteiger partial charge in [0.25, 0.3) is 5.56 Å². The molecule has 0 atom stereocenters. The molecule has 0 spiro atoms. The second-order valence-electron chi connectivity index (χ2n) is 5.48. The summed E-state index contributed by atoms with van der Waals surface area (Å²) in [7, 11) is 1.23. The minimum Gasteiger partial charge on any atom is -0.507 e. The topological polar surface area (TPSA) is 85.6 Å². The number of esters is 1. The summed E-state index contributed by atoms with van der Waals surface area (Å²) in [4.78, 5) is 36.0. The van der Waals surface area contributed by atoms with E-state index in [2.05, 4.69) is 4.74 Å². The van der Waals surface area contributed by atoms with Crippen molar-refractivity contribution < 1.29 is 14.6 Å². The molecule has 6 heteroatoms. The van der Waals surface area contributed by atoms with Gasteiger partial charge in [-0.25, -0.2) is 4.79 Å². The number of fused-ring (bicyclic) bond motifs is 1. The number of hydrogen-bond acceptors (Lipinski definition) is 5. The quantitative estimate of drug-likeness (QED) is 0.738. The van der Waals surface area contributed by atoms with Crippen LogP contribution in [0.5, 0.6) is 5.75 Å². The number of hydrogen-bond donors (Lipinski definition) is 1. The SMILES string of the molecule is COC(=O)c1ccc(Cn2c(=O)ccc(=O)c3ccccc32)cc1O. The van der Waals surface area contributed by atoms with Crippen molar-refractivity contribution in [2.24, 2.45) is 0 Å². The van der Waals surface area contributed by atoms with Crippen LogP contribution in [0, 0.1) is 0 Å². The van der Waals surface area contributed by atoms with Gasteiger partial charge in [-0.15, -0.1) is 0 Å². The summed E-state index contributed by atoms with van der Waals surface area (Å²) in [6.07, 6.45) is 0. The standard InChI is InChI=1S/C19H15NO5/c1-25-19(24)14-7-6-12(10-17(14)22)11-20-15-5-3-2-4-13(15)16(21)8-9-18(20)23/h2-10,22H,11H2,1H3. The van der Waals surface area contributed by atoms with Gasteiger partial charge in [-0.2, -0.15) is 0 Å². The van der Waals surface area contributed by atoms with Crippen molar-refractivity contribution in [1.29, 1.82) is 0 Å². The molecule has 3 aromatic rings. The summed E-state index contributed by atoms with van der Waals surface area (Å²) in [5, 5.41) is 10.4. The number of phenolic OH excluding ortho intramolecular Hbond substituents is 1. The van der Waals surface area contributed by atoms with Crippen LogP contribution in [-0.4, -0.2) is 22.8 Å². The van der Waals surface area contributed by atoms with Crippen molar-refractivity contribution in [2.75, 3.05) is 7.11 Å². The van der Waals surface area contributed by atoms with Crippen molar-refractivity contribution in [3.63, 3.8) is 0 Å². The highest BCUT2D eigenvalue weighted by Crippen LogP contribution is 2.20. The fourth-order valence-electron chi connectivity index (χ4n) is 2.67. The van der Waals surface area contributed by atoms with E-state index in [1.165, 1.54) is 35.9 Å². The Hall–Kier alpha value is -3.41. The molecule has 0 unspecified atom stereocenters. The summed E-state index contributed by atoms with van der Waals surface area (Å²) in [6.45, 7) is 0.141.